The van der Waals surface area contributed by atoms with E-state index in [1.165, 1.54) is 0 Å². The van der Waals surface area contributed by atoms with Crippen molar-refractivity contribution in [1.82, 2.24) is 5.32 Å². The maximum absolute atomic E-state index is 12.2. The second-order valence-electron chi connectivity index (χ2n) is 5.69. The molecule has 22 heavy (non-hydrogen) atoms. The van der Waals surface area contributed by atoms with Gasteiger partial charge in [-0.05, 0) is 54.7 Å². The Morgan fingerprint density at radius 2 is 1.82 bits per heavy atom. The van der Waals surface area contributed by atoms with Crippen molar-refractivity contribution in [3.8, 4) is 11.1 Å². The van der Waals surface area contributed by atoms with E-state index >= 15 is 0 Å². The molecule has 3 N–H and O–H groups in total. The molecule has 0 unspecified atom stereocenters. The number of primary amides is 1. The Bertz CT molecular complexity index is 749. The van der Waals surface area contributed by atoms with E-state index in [4.69, 9.17) is 5.73 Å². The molecule has 2 aromatic rings. The van der Waals surface area contributed by atoms with Gasteiger partial charge in [0.05, 0.1) is 0 Å². The molecule has 0 heterocycles. The van der Waals surface area contributed by atoms with Gasteiger partial charge in [0.1, 0.15) is 0 Å². The highest BCUT2D eigenvalue weighted by Crippen LogP contribution is 2.28. The van der Waals surface area contributed by atoms with Crippen molar-refractivity contribution in [2.75, 3.05) is 0 Å². The zero-order valence-electron chi connectivity index (χ0n) is 12.4. The smallest absolute Gasteiger partial charge is 0.251 e. The Morgan fingerprint density at radius 1 is 1.09 bits per heavy atom. The van der Waals surface area contributed by atoms with Crippen molar-refractivity contribution in [3.63, 3.8) is 0 Å². The monoisotopic (exact) mass is 294 g/mol. The van der Waals surface area contributed by atoms with E-state index in [0.29, 0.717) is 17.2 Å². The first-order chi connectivity index (χ1) is 10.6. The van der Waals surface area contributed by atoms with E-state index in [-0.39, 0.29) is 5.91 Å². The minimum absolute atomic E-state index is 0.0692. The SMILES string of the molecule is Cc1ccc(C(=O)NC2CC2)cc1-c1ccccc1C(N)=O. The van der Waals surface area contributed by atoms with Gasteiger partial charge in [-0.15, -0.1) is 0 Å². The summed E-state index contributed by atoms with van der Waals surface area (Å²) in [6, 6.07) is 13.0. The number of nitrogens with one attached hydrogen (secondary N) is 1. The van der Waals surface area contributed by atoms with Crippen LogP contribution in [0.15, 0.2) is 42.5 Å². The summed E-state index contributed by atoms with van der Waals surface area (Å²) in [6.07, 6.45) is 2.10. The third-order valence-electron chi connectivity index (χ3n) is 3.90. The van der Waals surface area contributed by atoms with Crippen molar-refractivity contribution in [1.29, 1.82) is 0 Å². The second kappa shape index (κ2) is 5.64. The zero-order chi connectivity index (χ0) is 15.7. The van der Waals surface area contributed by atoms with Crippen LogP contribution in [-0.4, -0.2) is 17.9 Å². The molecule has 0 radical (unpaired) electrons. The van der Waals surface area contributed by atoms with E-state index in [1.54, 1.807) is 12.1 Å². The van der Waals surface area contributed by atoms with Gasteiger partial charge in [0, 0.05) is 17.2 Å². The Hall–Kier alpha value is -2.62. The number of amides is 2. The molecule has 4 nitrogen and oxygen atoms in total. The van der Waals surface area contributed by atoms with Crippen LogP contribution in [0.1, 0.15) is 39.1 Å². The highest BCUT2D eigenvalue weighted by atomic mass is 16.2. The van der Waals surface area contributed by atoms with E-state index < -0.39 is 5.91 Å². The summed E-state index contributed by atoms with van der Waals surface area (Å²) in [5.74, 6) is -0.539. The van der Waals surface area contributed by atoms with Crippen LogP contribution >= 0.6 is 0 Å². The number of hydrogen-bond acceptors (Lipinski definition) is 2. The molecular weight excluding hydrogens is 276 g/mol. The highest BCUT2D eigenvalue weighted by molar-refractivity contribution is 6.01. The highest BCUT2D eigenvalue weighted by Gasteiger charge is 2.24. The maximum Gasteiger partial charge on any atom is 0.251 e. The van der Waals surface area contributed by atoms with Crippen LogP contribution in [0, 0.1) is 6.92 Å². The van der Waals surface area contributed by atoms with Gasteiger partial charge in [0.15, 0.2) is 0 Å². The first kappa shape index (κ1) is 14.3. The van der Waals surface area contributed by atoms with Gasteiger partial charge in [-0.3, -0.25) is 9.59 Å². The van der Waals surface area contributed by atoms with Gasteiger partial charge >= 0.3 is 0 Å². The van der Waals surface area contributed by atoms with Crippen molar-refractivity contribution in [3.05, 3.63) is 59.2 Å². The van der Waals surface area contributed by atoms with Crippen LogP contribution in [0.25, 0.3) is 11.1 Å². The molecule has 0 saturated heterocycles. The number of hydrogen-bond donors (Lipinski definition) is 2. The van der Waals surface area contributed by atoms with Crippen LogP contribution in [0.3, 0.4) is 0 Å². The van der Waals surface area contributed by atoms with E-state index in [2.05, 4.69) is 5.32 Å². The number of nitrogens with two attached hydrogens (primary N) is 1. The van der Waals surface area contributed by atoms with Crippen LogP contribution in [0.4, 0.5) is 0 Å². The van der Waals surface area contributed by atoms with Crippen LogP contribution in [-0.2, 0) is 0 Å². The van der Waals surface area contributed by atoms with Crippen molar-refractivity contribution < 1.29 is 9.59 Å². The molecule has 0 atom stereocenters. The fraction of sp³-hybridized carbons (Fsp3) is 0.222. The quantitative estimate of drug-likeness (QED) is 0.910. The second-order valence-corrected chi connectivity index (χ2v) is 5.69. The molecule has 1 aliphatic carbocycles. The zero-order valence-corrected chi connectivity index (χ0v) is 12.4. The third kappa shape index (κ3) is 2.86. The minimum Gasteiger partial charge on any atom is -0.366 e. The van der Waals surface area contributed by atoms with Gasteiger partial charge in [-0.25, -0.2) is 0 Å². The van der Waals surface area contributed by atoms with E-state index in [9.17, 15) is 9.59 Å². The number of aryl methyl sites for hydroxylation is 1. The molecule has 4 heteroatoms. The predicted octanol–water partition coefficient (Wildman–Crippen LogP) is 2.65. The molecule has 2 aromatic carbocycles. The summed E-state index contributed by atoms with van der Waals surface area (Å²) in [5.41, 5.74) is 9.14. The normalized spacial score (nSPS) is 13.7. The van der Waals surface area contributed by atoms with Crippen LogP contribution < -0.4 is 11.1 Å². The summed E-state index contributed by atoms with van der Waals surface area (Å²) in [5, 5.41) is 2.98. The standard InChI is InChI=1S/C18H18N2O2/c1-11-6-7-12(18(22)20-13-8-9-13)10-16(11)14-4-2-3-5-15(14)17(19)21/h2-7,10,13H,8-9H2,1H3,(H2,19,21)(H,20,22). The van der Waals surface area contributed by atoms with Gasteiger partial charge in [-0.2, -0.15) is 0 Å². The molecule has 1 aliphatic rings. The Kier molecular flexibility index (Phi) is 3.67. The molecule has 3 rings (SSSR count). The molecule has 1 fully saturated rings. The molecule has 0 spiro atoms. The lowest BCUT2D eigenvalue weighted by molar-refractivity contribution is 0.0950. The minimum atomic E-state index is -0.470. The average Bonchev–Trinajstić information content (AvgIpc) is 3.31. The fourth-order valence-electron chi connectivity index (χ4n) is 2.48. The topological polar surface area (TPSA) is 72.2 Å². The Labute approximate surface area is 129 Å². The van der Waals surface area contributed by atoms with Crippen molar-refractivity contribution >= 4 is 11.8 Å². The lowest BCUT2D eigenvalue weighted by Crippen LogP contribution is -2.25. The van der Waals surface area contributed by atoms with Gasteiger partial charge in [-0.1, -0.05) is 24.3 Å². The average molecular weight is 294 g/mol. The molecule has 0 bridgehead atoms. The van der Waals surface area contributed by atoms with E-state index in [1.807, 2.05) is 37.3 Å². The number of carbonyl (C=O) groups is 2. The van der Waals surface area contributed by atoms with Crippen LogP contribution in [0.5, 0.6) is 0 Å². The molecule has 112 valence electrons. The fourth-order valence-corrected chi connectivity index (χ4v) is 2.48. The lowest BCUT2D eigenvalue weighted by Gasteiger charge is -2.12. The number of benzene rings is 2. The summed E-state index contributed by atoms with van der Waals surface area (Å²) in [4.78, 5) is 23.8. The number of rotatable bonds is 4. The summed E-state index contributed by atoms with van der Waals surface area (Å²) in [7, 11) is 0. The number of carbonyl (C=O) groups excluding carboxylic acids is 2. The largest absolute Gasteiger partial charge is 0.366 e. The summed E-state index contributed by atoms with van der Waals surface area (Å²) in [6.45, 7) is 1.95. The molecule has 2 amide bonds. The molecule has 1 saturated carbocycles. The predicted molar refractivity (Wildman–Crippen MR) is 85.6 cm³/mol. The van der Waals surface area contributed by atoms with Gasteiger partial charge in [0.25, 0.3) is 5.91 Å². The lowest BCUT2D eigenvalue weighted by atomic mass is 9.94. The van der Waals surface area contributed by atoms with E-state index in [0.717, 1.165) is 29.5 Å². The molecule has 0 aliphatic heterocycles. The third-order valence-corrected chi connectivity index (χ3v) is 3.90. The first-order valence-electron chi connectivity index (χ1n) is 7.37. The van der Waals surface area contributed by atoms with Crippen molar-refractivity contribution in [2.24, 2.45) is 5.73 Å². The summed E-state index contributed by atoms with van der Waals surface area (Å²) >= 11 is 0. The summed E-state index contributed by atoms with van der Waals surface area (Å²) < 4.78 is 0. The molecule has 0 aromatic heterocycles. The van der Waals surface area contributed by atoms with Gasteiger partial charge in [0.2, 0.25) is 5.91 Å². The first-order valence-corrected chi connectivity index (χ1v) is 7.37. The maximum atomic E-state index is 12.2. The van der Waals surface area contributed by atoms with Crippen LogP contribution in [0.2, 0.25) is 0 Å². The van der Waals surface area contributed by atoms with Gasteiger partial charge < -0.3 is 11.1 Å². The Morgan fingerprint density at radius 3 is 2.50 bits per heavy atom. The van der Waals surface area contributed by atoms with Crippen molar-refractivity contribution in [2.45, 2.75) is 25.8 Å². The molecular formula is C18H18N2O2. The Balaban J connectivity index is 2.03.